The Morgan fingerprint density at radius 2 is 1.54 bits per heavy atom. The second kappa shape index (κ2) is 7.17. The van der Waals surface area contributed by atoms with Gasteiger partial charge in [0.15, 0.2) is 5.41 Å². The van der Waals surface area contributed by atoms with Crippen LogP contribution < -0.4 is 0 Å². The maximum Gasteiger partial charge on any atom is 0.326 e. The number of nitrogens with zero attached hydrogens (tertiary/aromatic N) is 1. The number of nitriles is 1. The van der Waals surface area contributed by atoms with Crippen molar-refractivity contribution in [1.82, 2.24) is 0 Å². The minimum absolute atomic E-state index is 0.177. The van der Waals surface area contributed by atoms with Gasteiger partial charge in [-0.3, -0.25) is 4.79 Å². The zero-order valence-corrected chi connectivity index (χ0v) is 16.6. The Kier molecular flexibility index (Phi) is 5.06. The average molecular weight is 358 g/mol. The van der Waals surface area contributed by atoms with Crippen LogP contribution in [-0.4, -0.2) is 12.6 Å². The molecule has 0 aromatic heterocycles. The quantitative estimate of drug-likeness (QED) is 0.637. The van der Waals surface area contributed by atoms with E-state index in [-0.39, 0.29) is 11.9 Å². The number of ether oxygens (including phenoxy) is 1. The van der Waals surface area contributed by atoms with Gasteiger partial charge in [0.1, 0.15) is 0 Å². The second-order valence-electron chi connectivity index (χ2n) is 10.0. The number of rotatable bonds is 4. The predicted octanol–water partition coefficient (Wildman–Crippen LogP) is 5.35. The minimum atomic E-state index is -0.849. The summed E-state index contributed by atoms with van der Waals surface area (Å²) in [7, 11) is 0. The second-order valence-corrected chi connectivity index (χ2v) is 10.0. The van der Waals surface area contributed by atoms with E-state index in [2.05, 4.69) is 19.9 Å². The number of hydrogen-bond acceptors (Lipinski definition) is 3. The van der Waals surface area contributed by atoms with Crippen molar-refractivity contribution in [3.8, 4) is 6.07 Å². The molecule has 5 fully saturated rings. The van der Waals surface area contributed by atoms with Gasteiger partial charge in [-0.2, -0.15) is 5.26 Å². The molecular formula is C23H35NO2. The largest absolute Gasteiger partial charge is 0.464 e. The first-order valence-electron chi connectivity index (χ1n) is 11.2. The number of fused-ring (bicyclic) bond motifs is 1. The number of esters is 1. The van der Waals surface area contributed by atoms with Crippen LogP contribution in [0.25, 0.3) is 0 Å². The van der Waals surface area contributed by atoms with Crippen molar-refractivity contribution in [3.63, 3.8) is 0 Å². The van der Waals surface area contributed by atoms with E-state index >= 15 is 0 Å². The lowest BCUT2D eigenvalue weighted by Crippen LogP contribution is -2.63. The molecule has 3 heteroatoms. The first-order valence-corrected chi connectivity index (χ1v) is 11.2. The van der Waals surface area contributed by atoms with Crippen LogP contribution in [-0.2, 0) is 9.53 Å². The van der Waals surface area contributed by atoms with E-state index in [1.54, 1.807) is 0 Å². The Balaban J connectivity index is 1.63. The molecule has 144 valence electrons. The molecule has 0 N–H and O–H groups in total. The lowest BCUT2D eigenvalue weighted by atomic mass is 9.38. The lowest BCUT2D eigenvalue weighted by Gasteiger charge is -2.64. The fraction of sp³-hybridized carbons (Fsp3) is 0.913. The predicted molar refractivity (Wildman–Crippen MR) is 101 cm³/mol. The van der Waals surface area contributed by atoms with E-state index in [9.17, 15) is 10.1 Å². The molecule has 5 unspecified atom stereocenters. The third-order valence-electron chi connectivity index (χ3n) is 8.39. The van der Waals surface area contributed by atoms with Crippen LogP contribution in [0.5, 0.6) is 0 Å². The highest BCUT2D eigenvalue weighted by Crippen LogP contribution is 2.67. The summed E-state index contributed by atoms with van der Waals surface area (Å²) in [4.78, 5) is 13.2. The normalized spacial score (nSPS) is 44.1. The summed E-state index contributed by atoms with van der Waals surface area (Å²) >= 11 is 0. The van der Waals surface area contributed by atoms with Crippen LogP contribution in [0.15, 0.2) is 0 Å². The van der Waals surface area contributed by atoms with Gasteiger partial charge >= 0.3 is 5.97 Å². The number of hydrogen-bond donors (Lipinski definition) is 0. The van der Waals surface area contributed by atoms with E-state index in [0.717, 1.165) is 24.7 Å². The number of carbonyl (C=O) groups is 1. The molecule has 5 atom stereocenters. The lowest BCUT2D eigenvalue weighted by molar-refractivity contribution is -0.195. The molecular weight excluding hydrogens is 322 g/mol. The Labute approximate surface area is 158 Å². The summed E-state index contributed by atoms with van der Waals surface area (Å²) < 4.78 is 5.74. The van der Waals surface area contributed by atoms with Gasteiger partial charge < -0.3 is 4.74 Å². The monoisotopic (exact) mass is 357 g/mol. The molecule has 3 nitrogen and oxygen atoms in total. The van der Waals surface area contributed by atoms with Gasteiger partial charge in [0, 0.05) is 0 Å². The van der Waals surface area contributed by atoms with E-state index in [0.29, 0.717) is 30.3 Å². The van der Waals surface area contributed by atoms with E-state index in [1.807, 2.05) is 0 Å². The maximum absolute atomic E-state index is 13.2. The Bertz CT molecular complexity index is 555. The highest BCUT2D eigenvalue weighted by molar-refractivity contribution is 5.81. The van der Waals surface area contributed by atoms with Gasteiger partial charge in [-0.15, -0.1) is 0 Å². The molecule has 0 saturated heterocycles. The Morgan fingerprint density at radius 1 is 1.00 bits per heavy atom. The average Bonchev–Trinajstić information content (AvgIpc) is 2.67. The van der Waals surface area contributed by atoms with Crippen molar-refractivity contribution in [2.45, 2.75) is 78.1 Å². The Hall–Kier alpha value is -1.04. The molecule has 5 aliphatic carbocycles. The van der Waals surface area contributed by atoms with Crippen molar-refractivity contribution in [3.05, 3.63) is 0 Å². The molecule has 0 spiro atoms. The maximum atomic E-state index is 13.2. The summed E-state index contributed by atoms with van der Waals surface area (Å²) in [5, 5.41) is 10.3. The summed E-state index contributed by atoms with van der Waals surface area (Å²) in [6.45, 7) is 4.77. The fourth-order valence-electron chi connectivity index (χ4n) is 7.41. The third kappa shape index (κ3) is 2.79. The molecule has 0 aromatic rings. The van der Waals surface area contributed by atoms with Crippen molar-refractivity contribution < 1.29 is 9.53 Å². The molecule has 5 aliphatic rings. The Morgan fingerprint density at radius 3 is 2.04 bits per heavy atom. The van der Waals surface area contributed by atoms with Crippen molar-refractivity contribution >= 4 is 5.97 Å². The molecule has 2 bridgehead atoms. The molecule has 0 aromatic carbocycles. The van der Waals surface area contributed by atoms with E-state index in [4.69, 9.17) is 4.74 Å². The van der Waals surface area contributed by atoms with Gasteiger partial charge in [-0.25, -0.2) is 0 Å². The molecule has 0 heterocycles. The van der Waals surface area contributed by atoms with E-state index < -0.39 is 5.41 Å². The summed E-state index contributed by atoms with van der Waals surface area (Å²) in [5.41, 5.74) is -0.849. The van der Waals surface area contributed by atoms with Crippen molar-refractivity contribution in [1.29, 1.82) is 5.26 Å². The van der Waals surface area contributed by atoms with Crippen LogP contribution in [0.3, 0.4) is 0 Å². The van der Waals surface area contributed by atoms with Crippen LogP contribution in [0.4, 0.5) is 0 Å². The number of carbonyl (C=O) groups excluding carboxylic acids is 1. The highest BCUT2D eigenvalue weighted by atomic mass is 16.5. The van der Waals surface area contributed by atoms with Gasteiger partial charge in [-0.05, 0) is 80.0 Å². The van der Waals surface area contributed by atoms with Crippen LogP contribution >= 0.6 is 0 Å². The third-order valence-corrected chi connectivity index (χ3v) is 8.39. The first-order chi connectivity index (χ1) is 12.6. The van der Waals surface area contributed by atoms with Gasteiger partial charge in [-0.1, -0.05) is 39.5 Å². The summed E-state index contributed by atoms with van der Waals surface area (Å²) in [5.74, 6) is 3.94. The van der Waals surface area contributed by atoms with Crippen molar-refractivity contribution in [2.24, 2.45) is 46.8 Å². The standard InChI is InChI=1S/C23H35NO2/c1-15(2)11-12-26-22(25)23(14-24)13-20-16-7-3-5-9-18(16)21(23)19-10-6-4-8-17(19)20/h15-21H,3-13H2,1-2H3. The van der Waals surface area contributed by atoms with Crippen LogP contribution in [0.2, 0.25) is 0 Å². The van der Waals surface area contributed by atoms with Gasteiger partial charge in [0.25, 0.3) is 0 Å². The molecule has 5 rings (SSSR count). The highest BCUT2D eigenvalue weighted by Gasteiger charge is 2.67. The summed E-state index contributed by atoms with van der Waals surface area (Å²) in [6.07, 6.45) is 12.1. The molecule has 5 saturated carbocycles. The fourth-order valence-corrected chi connectivity index (χ4v) is 7.41. The first kappa shape index (κ1) is 18.3. The molecule has 0 radical (unpaired) electrons. The van der Waals surface area contributed by atoms with Gasteiger partial charge in [0.2, 0.25) is 0 Å². The molecule has 0 aliphatic heterocycles. The SMILES string of the molecule is CC(C)CCOC(=O)C1(C#N)CC2C3CCCCC3C1C1CCCCC21. The minimum Gasteiger partial charge on any atom is -0.464 e. The topological polar surface area (TPSA) is 50.1 Å². The molecule has 0 amide bonds. The summed E-state index contributed by atoms with van der Waals surface area (Å²) in [6, 6.07) is 2.58. The van der Waals surface area contributed by atoms with E-state index in [1.165, 1.54) is 51.4 Å². The smallest absolute Gasteiger partial charge is 0.326 e. The van der Waals surface area contributed by atoms with Crippen LogP contribution in [0.1, 0.15) is 78.1 Å². The zero-order valence-electron chi connectivity index (χ0n) is 16.6. The molecule has 26 heavy (non-hydrogen) atoms. The van der Waals surface area contributed by atoms with Crippen LogP contribution in [0, 0.1) is 58.2 Å². The van der Waals surface area contributed by atoms with Crippen molar-refractivity contribution in [2.75, 3.05) is 6.61 Å². The van der Waals surface area contributed by atoms with Gasteiger partial charge in [0.05, 0.1) is 12.7 Å². The zero-order chi connectivity index (χ0) is 18.3.